The van der Waals surface area contributed by atoms with Gasteiger partial charge >= 0.3 is 0 Å². The molecule has 280 valence electrons. The predicted molar refractivity (Wildman–Crippen MR) is 198 cm³/mol. The summed E-state index contributed by atoms with van der Waals surface area (Å²) < 4.78 is 9.09. The number of amides is 4. The van der Waals surface area contributed by atoms with Crippen molar-refractivity contribution in [2.45, 2.75) is 58.4 Å². The highest BCUT2D eigenvalue weighted by atomic mass is 16.5. The molecule has 5 N–H and O–H groups in total. The van der Waals surface area contributed by atoms with E-state index in [0.29, 0.717) is 34.8 Å². The number of aliphatic hydroxyl groups excluding tert-OH is 1. The first kappa shape index (κ1) is 37.4. The quantitative estimate of drug-likeness (QED) is 0.174. The van der Waals surface area contributed by atoms with Crippen molar-refractivity contribution in [2.24, 2.45) is 0 Å². The maximum absolute atomic E-state index is 13.9. The van der Waals surface area contributed by atoms with Gasteiger partial charge < -0.3 is 31.1 Å². The van der Waals surface area contributed by atoms with Gasteiger partial charge in [0, 0.05) is 23.2 Å². The fourth-order valence-corrected chi connectivity index (χ4v) is 6.12. The van der Waals surface area contributed by atoms with Crippen LogP contribution in [0.5, 0.6) is 5.75 Å². The molecule has 7 rings (SSSR count). The molecular formula is C39H43N9O6. The van der Waals surface area contributed by atoms with Crippen LogP contribution >= 0.6 is 0 Å². The standard InChI is InChI=1S/C39H43N9O6/c1-24-18-25(2)47(45-24)21-28-8-7-11-30(19-28)37(51)42-32-20-27-12-14-31(15-13-27)54-17-16-40-34(50)22-48-36(44-35(46-48)29-9-5-4-6-10-29)26(3)41-39(53)33(23-49)43-38(32)52/h4-15,18-19,26,32-33,49H,16-17,20-23H2,1-3H3,(H,40,50)(H,41,53)(H,42,51)(H,43,52)/t26-,32-,33-/m0/s1. The van der Waals surface area contributed by atoms with Crippen molar-refractivity contribution in [3.05, 3.63) is 119 Å². The fourth-order valence-electron chi connectivity index (χ4n) is 6.12. The van der Waals surface area contributed by atoms with E-state index in [0.717, 1.165) is 17.0 Å². The lowest BCUT2D eigenvalue weighted by molar-refractivity contribution is -0.131. The molecule has 4 amide bonds. The Morgan fingerprint density at radius 2 is 1.72 bits per heavy atom. The van der Waals surface area contributed by atoms with E-state index < -0.39 is 42.5 Å². The van der Waals surface area contributed by atoms with Gasteiger partial charge in [-0.25, -0.2) is 9.67 Å². The Balaban J connectivity index is 1.25. The van der Waals surface area contributed by atoms with Crippen LogP contribution < -0.4 is 26.0 Å². The summed E-state index contributed by atoms with van der Waals surface area (Å²) in [4.78, 5) is 58.7. The molecule has 15 nitrogen and oxygen atoms in total. The number of aromatic nitrogens is 5. The topological polar surface area (TPSA) is 194 Å². The van der Waals surface area contributed by atoms with Crippen LogP contribution in [0.4, 0.5) is 0 Å². The summed E-state index contributed by atoms with van der Waals surface area (Å²) in [6, 6.07) is 21.9. The SMILES string of the molecule is Cc1cc(C)n(Cc2cccc(C(=O)N[C@H]3Cc4ccc(cc4)OCCNC(=O)Cn4nc(-c5ccccc5)nc4[C@H](C)NC(=O)[C@H](CO)NC3=O)c2)n1. The molecule has 0 saturated heterocycles. The fraction of sp³-hybridized carbons (Fsp3) is 0.308. The number of ether oxygens (including phenoxy) is 1. The van der Waals surface area contributed by atoms with Gasteiger partial charge in [-0.2, -0.15) is 10.2 Å². The van der Waals surface area contributed by atoms with Gasteiger partial charge in [0.1, 0.15) is 36.8 Å². The van der Waals surface area contributed by atoms with E-state index in [1.165, 1.54) is 4.68 Å². The van der Waals surface area contributed by atoms with E-state index >= 15 is 0 Å². The molecule has 0 spiro atoms. The largest absolute Gasteiger partial charge is 0.492 e. The summed E-state index contributed by atoms with van der Waals surface area (Å²) in [5.41, 5.74) is 4.49. The molecule has 0 fully saturated rings. The van der Waals surface area contributed by atoms with Crippen molar-refractivity contribution >= 4 is 23.6 Å². The second kappa shape index (κ2) is 17.0. The Hall–Kier alpha value is -6.35. The Morgan fingerprint density at radius 3 is 2.44 bits per heavy atom. The van der Waals surface area contributed by atoms with E-state index in [1.807, 2.05) is 61.0 Å². The van der Waals surface area contributed by atoms with Crippen LogP contribution in [0, 0.1) is 13.8 Å². The van der Waals surface area contributed by atoms with Crippen LogP contribution in [0.15, 0.2) is 84.9 Å². The highest BCUT2D eigenvalue weighted by Crippen LogP contribution is 2.20. The monoisotopic (exact) mass is 733 g/mol. The summed E-state index contributed by atoms with van der Waals surface area (Å²) >= 11 is 0. The first-order chi connectivity index (χ1) is 26.1. The maximum atomic E-state index is 13.9. The molecule has 4 heterocycles. The molecule has 2 bridgehead atoms. The van der Waals surface area contributed by atoms with Crippen LogP contribution in [0.2, 0.25) is 0 Å². The number of nitrogens with one attached hydrogen (secondary N) is 4. The van der Waals surface area contributed by atoms with Crippen LogP contribution in [0.3, 0.4) is 0 Å². The molecule has 54 heavy (non-hydrogen) atoms. The number of carbonyl (C=O) groups excluding carboxylic acids is 4. The van der Waals surface area contributed by atoms with Gasteiger partial charge in [0.2, 0.25) is 17.7 Å². The summed E-state index contributed by atoms with van der Waals surface area (Å²) in [6.45, 7) is 5.50. The minimum atomic E-state index is -1.38. The van der Waals surface area contributed by atoms with Gasteiger partial charge in [0.05, 0.1) is 31.4 Å². The lowest BCUT2D eigenvalue weighted by Crippen LogP contribution is -2.55. The molecule has 0 saturated carbocycles. The number of nitrogens with zero attached hydrogens (tertiary/aromatic N) is 5. The summed E-state index contributed by atoms with van der Waals surface area (Å²) in [7, 11) is 0. The first-order valence-electron chi connectivity index (χ1n) is 17.7. The smallest absolute Gasteiger partial charge is 0.251 e. The number of aryl methyl sites for hydroxylation is 2. The molecule has 5 aromatic rings. The van der Waals surface area contributed by atoms with Crippen molar-refractivity contribution < 1.29 is 29.0 Å². The first-order valence-corrected chi connectivity index (χ1v) is 17.7. The number of hydrogen-bond donors (Lipinski definition) is 5. The van der Waals surface area contributed by atoms with Gasteiger partial charge in [0.15, 0.2) is 5.82 Å². The minimum Gasteiger partial charge on any atom is -0.492 e. The van der Waals surface area contributed by atoms with E-state index in [-0.39, 0.29) is 37.8 Å². The van der Waals surface area contributed by atoms with Crippen LogP contribution in [-0.4, -0.2) is 85.1 Å². The van der Waals surface area contributed by atoms with Crippen molar-refractivity contribution in [2.75, 3.05) is 19.8 Å². The van der Waals surface area contributed by atoms with Gasteiger partial charge in [-0.3, -0.25) is 23.9 Å². The number of hydrogen-bond acceptors (Lipinski definition) is 9. The zero-order valence-electron chi connectivity index (χ0n) is 30.3. The molecule has 0 unspecified atom stereocenters. The zero-order chi connectivity index (χ0) is 38.2. The minimum absolute atomic E-state index is 0.0703. The third kappa shape index (κ3) is 9.35. The lowest BCUT2D eigenvalue weighted by Gasteiger charge is -2.24. The Morgan fingerprint density at radius 1 is 0.944 bits per heavy atom. The maximum Gasteiger partial charge on any atom is 0.251 e. The normalized spacial score (nSPS) is 18.4. The molecule has 2 aromatic heterocycles. The van der Waals surface area contributed by atoms with Gasteiger partial charge in [-0.05, 0) is 62.2 Å². The van der Waals surface area contributed by atoms with Crippen molar-refractivity contribution in [1.82, 2.24) is 45.8 Å². The predicted octanol–water partition coefficient (Wildman–Crippen LogP) is 2.01. The van der Waals surface area contributed by atoms with E-state index in [4.69, 9.17) is 4.74 Å². The van der Waals surface area contributed by atoms with Gasteiger partial charge in [-0.15, -0.1) is 0 Å². The average Bonchev–Trinajstić information content (AvgIpc) is 3.73. The molecule has 2 aliphatic rings. The van der Waals surface area contributed by atoms with E-state index in [2.05, 4.69) is 36.4 Å². The second-order valence-corrected chi connectivity index (χ2v) is 13.1. The Labute approximate surface area is 312 Å². The van der Waals surface area contributed by atoms with Crippen LogP contribution in [-0.2, 0) is 33.9 Å². The van der Waals surface area contributed by atoms with Crippen molar-refractivity contribution in [1.29, 1.82) is 0 Å². The third-order valence-corrected chi connectivity index (χ3v) is 8.89. The molecule has 3 aromatic carbocycles. The molecule has 0 radical (unpaired) electrons. The van der Waals surface area contributed by atoms with Crippen molar-refractivity contribution in [3.8, 4) is 17.1 Å². The molecule has 0 aliphatic carbocycles. The number of benzene rings is 3. The third-order valence-electron chi connectivity index (χ3n) is 8.89. The summed E-state index contributed by atoms with van der Waals surface area (Å²) in [5.74, 6) is -1.02. The molecule has 3 atom stereocenters. The molecular weight excluding hydrogens is 690 g/mol. The van der Waals surface area contributed by atoms with Crippen LogP contribution in [0.1, 0.15) is 51.7 Å². The highest BCUT2D eigenvalue weighted by molar-refractivity contribution is 5.98. The molecule has 15 heteroatoms. The van der Waals surface area contributed by atoms with Gasteiger partial charge in [-0.1, -0.05) is 54.6 Å². The summed E-state index contributed by atoms with van der Waals surface area (Å²) in [5, 5.41) is 30.4. The number of fused-ring (bicyclic) bond motifs is 14. The zero-order valence-corrected chi connectivity index (χ0v) is 30.3. The van der Waals surface area contributed by atoms with Crippen molar-refractivity contribution in [3.63, 3.8) is 0 Å². The van der Waals surface area contributed by atoms with Gasteiger partial charge in [0.25, 0.3) is 5.91 Å². The lowest BCUT2D eigenvalue weighted by atomic mass is 10.0. The number of rotatable bonds is 6. The Kier molecular flexibility index (Phi) is 11.8. The number of carbonyl (C=O) groups is 4. The Bertz CT molecular complexity index is 2110. The second-order valence-electron chi connectivity index (χ2n) is 13.1. The van der Waals surface area contributed by atoms with E-state index in [9.17, 15) is 24.3 Å². The molecule has 2 aliphatic heterocycles. The van der Waals surface area contributed by atoms with E-state index in [1.54, 1.807) is 49.4 Å². The highest BCUT2D eigenvalue weighted by Gasteiger charge is 2.29. The number of aliphatic hydroxyl groups is 1. The van der Waals surface area contributed by atoms with Crippen LogP contribution in [0.25, 0.3) is 11.4 Å². The summed E-state index contributed by atoms with van der Waals surface area (Å²) in [6.07, 6.45) is 0.0703. The average molecular weight is 734 g/mol.